The summed E-state index contributed by atoms with van der Waals surface area (Å²) in [6.45, 7) is 11.1. The molecule has 0 aliphatic carbocycles. The Hall–Kier alpha value is -0.670. The minimum Gasteiger partial charge on any atom is -0.309 e. The summed E-state index contributed by atoms with van der Waals surface area (Å²) in [5.41, 5.74) is 2.35. The fourth-order valence-electron chi connectivity index (χ4n) is 1.42. The van der Waals surface area contributed by atoms with Gasteiger partial charge in [-0.3, -0.25) is 0 Å². The van der Waals surface area contributed by atoms with E-state index in [1.54, 1.807) is 11.3 Å². The van der Waals surface area contributed by atoms with Crippen molar-refractivity contribution >= 4 is 11.3 Å². The maximum absolute atomic E-state index is 4.50. The molecule has 0 bridgehead atoms. The standard InChI is InChI=1S/C11H18N2S/c1-5-12-10(6-8(2)3)11-7-14-9(4)13-11/h7,10,12H,2,5-6H2,1,3-4H3. The van der Waals surface area contributed by atoms with Gasteiger partial charge in [-0.25, -0.2) is 4.98 Å². The van der Waals surface area contributed by atoms with Gasteiger partial charge in [0.05, 0.1) is 16.7 Å². The van der Waals surface area contributed by atoms with Crippen LogP contribution in [0, 0.1) is 6.92 Å². The van der Waals surface area contributed by atoms with E-state index in [9.17, 15) is 0 Å². The van der Waals surface area contributed by atoms with Crippen molar-refractivity contribution in [1.82, 2.24) is 10.3 Å². The Morgan fingerprint density at radius 1 is 1.71 bits per heavy atom. The highest BCUT2D eigenvalue weighted by molar-refractivity contribution is 7.09. The highest BCUT2D eigenvalue weighted by atomic mass is 32.1. The molecule has 0 fully saturated rings. The van der Waals surface area contributed by atoms with Gasteiger partial charge in [-0.2, -0.15) is 0 Å². The first-order valence-corrected chi connectivity index (χ1v) is 5.81. The Morgan fingerprint density at radius 2 is 2.43 bits per heavy atom. The van der Waals surface area contributed by atoms with E-state index in [4.69, 9.17) is 0 Å². The zero-order chi connectivity index (χ0) is 10.6. The van der Waals surface area contributed by atoms with E-state index in [1.807, 2.05) is 6.92 Å². The number of nitrogens with one attached hydrogen (secondary N) is 1. The van der Waals surface area contributed by atoms with Crippen LogP contribution in [0.5, 0.6) is 0 Å². The van der Waals surface area contributed by atoms with Crippen LogP contribution in [-0.2, 0) is 0 Å². The molecule has 78 valence electrons. The topological polar surface area (TPSA) is 24.9 Å². The van der Waals surface area contributed by atoms with E-state index in [2.05, 4.69) is 36.1 Å². The molecule has 0 radical (unpaired) electrons. The lowest BCUT2D eigenvalue weighted by atomic mass is 10.1. The fourth-order valence-corrected chi connectivity index (χ4v) is 2.08. The Kier molecular flexibility index (Phi) is 4.29. The summed E-state index contributed by atoms with van der Waals surface area (Å²) in [4.78, 5) is 4.50. The van der Waals surface area contributed by atoms with Gasteiger partial charge >= 0.3 is 0 Å². The van der Waals surface area contributed by atoms with E-state index in [0.717, 1.165) is 23.7 Å². The molecule has 0 aromatic carbocycles. The first kappa shape index (κ1) is 11.4. The summed E-state index contributed by atoms with van der Waals surface area (Å²) in [5, 5.41) is 6.69. The van der Waals surface area contributed by atoms with Crippen LogP contribution in [0.4, 0.5) is 0 Å². The van der Waals surface area contributed by atoms with E-state index >= 15 is 0 Å². The Labute approximate surface area is 90.1 Å². The second-order valence-electron chi connectivity index (χ2n) is 3.56. The molecule has 1 heterocycles. The molecule has 0 aliphatic rings. The highest BCUT2D eigenvalue weighted by Crippen LogP contribution is 2.21. The van der Waals surface area contributed by atoms with Crippen molar-refractivity contribution in [3.8, 4) is 0 Å². The summed E-state index contributed by atoms with van der Waals surface area (Å²) >= 11 is 1.70. The molecule has 14 heavy (non-hydrogen) atoms. The van der Waals surface area contributed by atoms with Crippen LogP contribution in [0.25, 0.3) is 0 Å². The predicted molar refractivity (Wildman–Crippen MR) is 62.7 cm³/mol. The van der Waals surface area contributed by atoms with E-state index in [0.29, 0.717) is 6.04 Å². The molecule has 0 saturated carbocycles. The van der Waals surface area contributed by atoms with E-state index in [1.165, 1.54) is 5.57 Å². The van der Waals surface area contributed by atoms with Crippen LogP contribution in [0.15, 0.2) is 17.5 Å². The molecule has 1 aromatic rings. The maximum atomic E-state index is 4.50. The van der Waals surface area contributed by atoms with Gasteiger partial charge in [0.1, 0.15) is 0 Å². The average Bonchev–Trinajstić information content (AvgIpc) is 2.50. The molecule has 0 aliphatic heterocycles. The largest absolute Gasteiger partial charge is 0.309 e. The summed E-state index contributed by atoms with van der Waals surface area (Å²) in [5.74, 6) is 0. The van der Waals surface area contributed by atoms with Crippen LogP contribution < -0.4 is 5.32 Å². The molecule has 1 rings (SSSR count). The minimum absolute atomic E-state index is 0.336. The Morgan fingerprint density at radius 3 is 2.86 bits per heavy atom. The molecular formula is C11H18N2S. The molecule has 1 unspecified atom stereocenters. The maximum Gasteiger partial charge on any atom is 0.0898 e. The normalized spacial score (nSPS) is 12.8. The third-order valence-corrected chi connectivity index (χ3v) is 2.79. The van der Waals surface area contributed by atoms with Gasteiger partial charge in [0.15, 0.2) is 0 Å². The monoisotopic (exact) mass is 210 g/mol. The van der Waals surface area contributed by atoms with Crippen molar-refractivity contribution in [2.24, 2.45) is 0 Å². The highest BCUT2D eigenvalue weighted by Gasteiger charge is 2.12. The third kappa shape index (κ3) is 3.24. The Bertz CT molecular complexity index is 304. The number of hydrogen-bond acceptors (Lipinski definition) is 3. The smallest absolute Gasteiger partial charge is 0.0898 e. The first-order chi connectivity index (χ1) is 6.63. The van der Waals surface area contributed by atoms with Gasteiger partial charge < -0.3 is 5.32 Å². The van der Waals surface area contributed by atoms with Crippen LogP contribution in [0.2, 0.25) is 0 Å². The van der Waals surface area contributed by atoms with E-state index < -0.39 is 0 Å². The van der Waals surface area contributed by atoms with Gasteiger partial charge in [0.2, 0.25) is 0 Å². The molecule has 0 amide bonds. The molecule has 3 heteroatoms. The Balaban J connectivity index is 2.71. The SMILES string of the molecule is C=C(C)CC(NCC)c1csc(C)n1. The molecule has 0 saturated heterocycles. The van der Waals surface area contributed by atoms with Gasteiger partial charge in [0, 0.05) is 5.38 Å². The lowest BCUT2D eigenvalue weighted by molar-refractivity contribution is 0.537. The minimum atomic E-state index is 0.336. The summed E-state index contributed by atoms with van der Waals surface area (Å²) in [6.07, 6.45) is 0.969. The van der Waals surface area contributed by atoms with Gasteiger partial charge in [-0.1, -0.05) is 12.5 Å². The number of aromatic nitrogens is 1. The second kappa shape index (κ2) is 5.27. The van der Waals surface area contributed by atoms with Gasteiger partial charge in [0.25, 0.3) is 0 Å². The quantitative estimate of drug-likeness (QED) is 0.755. The summed E-state index contributed by atoms with van der Waals surface area (Å²) < 4.78 is 0. The van der Waals surface area contributed by atoms with Crippen molar-refractivity contribution in [2.45, 2.75) is 33.2 Å². The van der Waals surface area contributed by atoms with Crippen LogP contribution in [-0.4, -0.2) is 11.5 Å². The van der Waals surface area contributed by atoms with Crippen LogP contribution >= 0.6 is 11.3 Å². The van der Waals surface area contributed by atoms with Crippen molar-refractivity contribution in [3.63, 3.8) is 0 Å². The summed E-state index contributed by atoms with van der Waals surface area (Å²) in [7, 11) is 0. The number of nitrogens with zero attached hydrogens (tertiary/aromatic N) is 1. The molecule has 1 aromatic heterocycles. The number of thiazole rings is 1. The van der Waals surface area contributed by atoms with Crippen molar-refractivity contribution in [2.75, 3.05) is 6.54 Å². The third-order valence-electron chi connectivity index (χ3n) is 2.00. The predicted octanol–water partition coefficient (Wildman–Crippen LogP) is 3.07. The van der Waals surface area contributed by atoms with Crippen molar-refractivity contribution < 1.29 is 0 Å². The average molecular weight is 210 g/mol. The molecule has 1 atom stereocenters. The zero-order valence-electron chi connectivity index (χ0n) is 9.13. The first-order valence-electron chi connectivity index (χ1n) is 4.93. The molecule has 2 nitrogen and oxygen atoms in total. The second-order valence-corrected chi connectivity index (χ2v) is 4.63. The van der Waals surface area contributed by atoms with Crippen LogP contribution in [0.3, 0.4) is 0 Å². The van der Waals surface area contributed by atoms with Crippen LogP contribution in [0.1, 0.15) is 37.0 Å². The lowest BCUT2D eigenvalue weighted by Crippen LogP contribution is -2.21. The number of rotatable bonds is 5. The lowest BCUT2D eigenvalue weighted by Gasteiger charge is -2.15. The molecule has 1 N–H and O–H groups in total. The molecule has 0 spiro atoms. The van der Waals surface area contributed by atoms with Crippen molar-refractivity contribution in [3.05, 3.63) is 28.2 Å². The van der Waals surface area contributed by atoms with Gasteiger partial charge in [-0.05, 0) is 26.8 Å². The van der Waals surface area contributed by atoms with Crippen molar-refractivity contribution in [1.29, 1.82) is 0 Å². The van der Waals surface area contributed by atoms with Gasteiger partial charge in [-0.15, -0.1) is 17.9 Å². The number of hydrogen-bond donors (Lipinski definition) is 1. The zero-order valence-corrected chi connectivity index (χ0v) is 9.95. The van der Waals surface area contributed by atoms with E-state index in [-0.39, 0.29) is 0 Å². The summed E-state index contributed by atoms with van der Waals surface area (Å²) in [6, 6.07) is 0.336. The molecular weight excluding hydrogens is 192 g/mol. The number of aryl methyl sites for hydroxylation is 1. The fraction of sp³-hybridized carbons (Fsp3) is 0.545.